The van der Waals surface area contributed by atoms with Gasteiger partial charge in [-0.3, -0.25) is 9.69 Å². The second kappa shape index (κ2) is 7.85. The Labute approximate surface area is 169 Å². The summed E-state index contributed by atoms with van der Waals surface area (Å²) in [5, 5.41) is 13.1. The molecule has 1 atom stereocenters. The first-order chi connectivity index (χ1) is 14.4. The number of aromatic nitrogens is 4. The molecule has 0 radical (unpaired) electrons. The number of hydrogen-bond donors (Lipinski definition) is 1. The molecule has 3 aromatic rings. The monoisotopic (exact) mass is 414 g/mol. The largest absolute Gasteiger partial charge is 0.442 e. The van der Waals surface area contributed by atoms with E-state index in [1.54, 1.807) is 12.1 Å². The Kier molecular flexibility index (Phi) is 5.09. The molecule has 1 aliphatic rings. The highest BCUT2D eigenvalue weighted by Crippen LogP contribution is 2.30. The summed E-state index contributed by atoms with van der Waals surface area (Å²) in [5.41, 5.74) is 0.923. The van der Waals surface area contributed by atoms with Crippen molar-refractivity contribution in [3.05, 3.63) is 54.4 Å². The number of halogens is 2. The molecule has 1 aliphatic heterocycles. The Morgan fingerprint density at radius 2 is 2.07 bits per heavy atom. The number of nitrogens with one attached hydrogen (secondary N) is 1. The van der Waals surface area contributed by atoms with Gasteiger partial charge >= 0.3 is 6.09 Å². The third kappa shape index (κ3) is 3.81. The predicted octanol–water partition coefficient (Wildman–Crippen LogP) is 2.07. The van der Waals surface area contributed by atoms with E-state index in [2.05, 4.69) is 20.8 Å². The maximum atomic E-state index is 14.8. The molecule has 1 saturated heterocycles. The summed E-state index contributed by atoms with van der Waals surface area (Å²) in [7, 11) is 0. The summed E-state index contributed by atoms with van der Waals surface area (Å²) in [6, 6.07) is 8.37. The molecule has 9 nitrogen and oxygen atoms in total. The van der Waals surface area contributed by atoms with Crippen LogP contribution in [0.15, 0.2) is 42.7 Å². The molecule has 2 amide bonds. The first kappa shape index (κ1) is 19.4. The summed E-state index contributed by atoms with van der Waals surface area (Å²) in [6.45, 7) is 1.71. The molecular weight excluding hydrogens is 398 g/mol. The molecule has 1 fully saturated rings. The summed E-state index contributed by atoms with van der Waals surface area (Å²) in [6.07, 6.45) is 0.0910. The molecule has 0 spiro atoms. The number of nitrogens with zero attached hydrogens (tertiary/aromatic N) is 5. The molecule has 4 rings (SSSR count). The standard InChI is InChI=1S/C19H16F2N6O3/c1-11(28)22-8-14-9-26(19(29)30-14)13-3-4-15(16(20)7-13)12-2-5-18(17(21)6-12)27-10-23-24-25-27/h2-7,10,14H,8-9H2,1H3,(H,22,28). The van der Waals surface area contributed by atoms with Crippen LogP contribution in [0.2, 0.25) is 0 Å². The maximum Gasteiger partial charge on any atom is 0.414 e. The number of cyclic esters (lactones) is 1. The molecule has 2 aromatic carbocycles. The van der Waals surface area contributed by atoms with Crippen molar-refractivity contribution in [2.24, 2.45) is 0 Å². The van der Waals surface area contributed by atoms with Gasteiger partial charge in [0.05, 0.1) is 18.8 Å². The van der Waals surface area contributed by atoms with E-state index < -0.39 is 23.8 Å². The normalized spacial score (nSPS) is 15.9. The Morgan fingerprint density at radius 3 is 2.73 bits per heavy atom. The van der Waals surface area contributed by atoms with Crippen LogP contribution in [-0.2, 0) is 9.53 Å². The zero-order valence-corrected chi connectivity index (χ0v) is 15.7. The number of carbonyl (C=O) groups excluding carboxylic acids is 2. The third-order valence-corrected chi connectivity index (χ3v) is 4.57. The first-order valence-corrected chi connectivity index (χ1v) is 8.98. The first-order valence-electron chi connectivity index (χ1n) is 8.98. The maximum absolute atomic E-state index is 14.8. The van der Waals surface area contributed by atoms with Crippen LogP contribution < -0.4 is 10.2 Å². The van der Waals surface area contributed by atoms with E-state index in [-0.39, 0.29) is 30.2 Å². The van der Waals surface area contributed by atoms with Crippen LogP contribution in [0.5, 0.6) is 0 Å². The van der Waals surface area contributed by atoms with Gasteiger partial charge in [0.25, 0.3) is 0 Å². The number of carbonyl (C=O) groups is 2. The van der Waals surface area contributed by atoms with E-state index in [0.717, 1.165) is 4.68 Å². The Balaban J connectivity index is 1.55. The minimum absolute atomic E-state index is 0.130. The molecule has 2 heterocycles. The number of hydrogen-bond acceptors (Lipinski definition) is 6. The molecule has 11 heteroatoms. The van der Waals surface area contributed by atoms with Crippen molar-refractivity contribution in [1.29, 1.82) is 0 Å². The minimum Gasteiger partial charge on any atom is -0.442 e. The number of amides is 2. The molecule has 30 heavy (non-hydrogen) atoms. The molecule has 0 aliphatic carbocycles. The quantitative estimate of drug-likeness (QED) is 0.686. The zero-order valence-electron chi connectivity index (χ0n) is 15.7. The van der Waals surface area contributed by atoms with Gasteiger partial charge in [-0.05, 0) is 46.3 Å². The highest BCUT2D eigenvalue weighted by atomic mass is 19.1. The number of ether oxygens (including phenoxy) is 1. The van der Waals surface area contributed by atoms with Gasteiger partial charge in [0.1, 0.15) is 29.8 Å². The fraction of sp³-hybridized carbons (Fsp3) is 0.211. The Hall–Kier alpha value is -3.89. The van der Waals surface area contributed by atoms with E-state index >= 15 is 0 Å². The zero-order chi connectivity index (χ0) is 21.3. The van der Waals surface area contributed by atoms with Gasteiger partial charge in [0.15, 0.2) is 0 Å². The summed E-state index contributed by atoms with van der Waals surface area (Å²) in [5.74, 6) is -1.48. The van der Waals surface area contributed by atoms with Crippen LogP contribution in [0.4, 0.5) is 19.3 Å². The summed E-state index contributed by atoms with van der Waals surface area (Å²) in [4.78, 5) is 24.4. The van der Waals surface area contributed by atoms with Crippen molar-refractivity contribution < 1.29 is 23.1 Å². The molecule has 1 unspecified atom stereocenters. The predicted molar refractivity (Wildman–Crippen MR) is 101 cm³/mol. The highest BCUT2D eigenvalue weighted by Gasteiger charge is 2.32. The second-order valence-electron chi connectivity index (χ2n) is 6.64. The summed E-state index contributed by atoms with van der Waals surface area (Å²) >= 11 is 0. The van der Waals surface area contributed by atoms with Gasteiger partial charge < -0.3 is 10.1 Å². The second-order valence-corrected chi connectivity index (χ2v) is 6.64. The Bertz CT molecular complexity index is 1110. The lowest BCUT2D eigenvalue weighted by atomic mass is 10.0. The van der Waals surface area contributed by atoms with Crippen molar-refractivity contribution in [3.63, 3.8) is 0 Å². The van der Waals surface area contributed by atoms with E-state index in [0.29, 0.717) is 11.3 Å². The number of benzene rings is 2. The molecule has 1 aromatic heterocycles. The molecule has 154 valence electrons. The minimum atomic E-state index is -0.630. The smallest absolute Gasteiger partial charge is 0.414 e. The topological polar surface area (TPSA) is 102 Å². The van der Waals surface area contributed by atoms with Crippen molar-refractivity contribution in [1.82, 2.24) is 25.5 Å². The van der Waals surface area contributed by atoms with Gasteiger partial charge in [-0.2, -0.15) is 4.68 Å². The fourth-order valence-corrected chi connectivity index (χ4v) is 3.13. The van der Waals surface area contributed by atoms with Crippen LogP contribution in [0.1, 0.15) is 6.92 Å². The number of anilines is 1. The van der Waals surface area contributed by atoms with E-state index in [1.165, 1.54) is 42.4 Å². The van der Waals surface area contributed by atoms with E-state index in [4.69, 9.17) is 4.74 Å². The van der Waals surface area contributed by atoms with Crippen LogP contribution in [-0.4, -0.2) is 51.4 Å². The molecule has 0 saturated carbocycles. The Morgan fingerprint density at radius 1 is 1.23 bits per heavy atom. The van der Waals surface area contributed by atoms with E-state index in [1.807, 2.05) is 0 Å². The lowest BCUT2D eigenvalue weighted by molar-refractivity contribution is -0.119. The van der Waals surface area contributed by atoms with Gasteiger partial charge in [-0.1, -0.05) is 6.07 Å². The molecular formula is C19H16F2N6O3. The van der Waals surface area contributed by atoms with Gasteiger partial charge in [-0.15, -0.1) is 5.10 Å². The van der Waals surface area contributed by atoms with Gasteiger partial charge in [0.2, 0.25) is 5.91 Å². The van der Waals surface area contributed by atoms with Crippen molar-refractivity contribution in [2.45, 2.75) is 13.0 Å². The van der Waals surface area contributed by atoms with Crippen LogP contribution in [0.25, 0.3) is 16.8 Å². The third-order valence-electron chi connectivity index (χ3n) is 4.57. The van der Waals surface area contributed by atoms with Crippen molar-refractivity contribution in [2.75, 3.05) is 18.0 Å². The van der Waals surface area contributed by atoms with Crippen LogP contribution in [0.3, 0.4) is 0 Å². The number of tetrazole rings is 1. The van der Waals surface area contributed by atoms with Crippen molar-refractivity contribution in [3.8, 4) is 16.8 Å². The fourth-order valence-electron chi connectivity index (χ4n) is 3.13. The van der Waals surface area contributed by atoms with E-state index in [9.17, 15) is 18.4 Å². The van der Waals surface area contributed by atoms with Crippen LogP contribution in [0, 0.1) is 11.6 Å². The highest BCUT2D eigenvalue weighted by molar-refractivity contribution is 5.90. The van der Waals surface area contributed by atoms with Gasteiger partial charge in [0, 0.05) is 12.5 Å². The number of rotatable bonds is 5. The SMILES string of the molecule is CC(=O)NCC1CN(c2ccc(-c3ccc(-n4cnnn4)c(F)c3)c(F)c2)C(=O)O1. The summed E-state index contributed by atoms with van der Waals surface area (Å²) < 4.78 is 35.6. The lowest BCUT2D eigenvalue weighted by Crippen LogP contribution is -2.33. The average Bonchev–Trinajstić information content (AvgIpc) is 3.36. The molecule has 0 bridgehead atoms. The van der Waals surface area contributed by atoms with Gasteiger partial charge in [-0.25, -0.2) is 13.6 Å². The lowest BCUT2D eigenvalue weighted by Gasteiger charge is -2.15. The molecule has 1 N–H and O–H groups in total. The average molecular weight is 414 g/mol. The van der Waals surface area contributed by atoms with Crippen LogP contribution >= 0.6 is 0 Å². The van der Waals surface area contributed by atoms with Crippen molar-refractivity contribution >= 4 is 17.7 Å².